The first kappa shape index (κ1) is 20.4. The van der Waals surface area contributed by atoms with Crippen LogP contribution in [0.3, 0.4) is 0 Å². The summed E-state index contributed by atoms with van der Waals surface area (Å²) in [5.41, 5.74) is 2.76. The van der Waals surface area contributed by atoms with Gasteiger partial charge < -0.3 is 9.47 Å². The second-order valence-electron chi connectivity index (χ2n) is 6.96. The quantitative estimate of drug-likeness (QED) is 0.554. The first-order valence-electron chi connectivity index (χ1n) is 9.15. The molecule has 9 heteroatoms. The molecule has 0 N–H and O–H groups in total. The summed E-state index contributed by atoms with van der Waals surface area (Å²) in [6.45, 7) is 0. The molecule has 3 aromatic rings. The predicted octanol–water partition coefficient (Wildman–Crippen LogP) is 4.02. The van der Waals surface area contributed by atoms with E-state index in [0.29, 0.717) is 34.7 Å². The third kappa shape index (κ3) is 3.80. The van der Waals surface area contributed by atoms with Crippen LogP contribution in [0.5, 0.6) is 11.5 Å². The van der Waals surface area contributed by atoms with Crippen molar-refractivity contribution in [1.29, 1.82) is 0 Å². The molecule has 4 rings (SSSR count). The summed E-state index contributed by atoms with van der Waals surface area (Å²) in [5, 5.41) is 5.46. The minimum absolute atomic E-state index is 0.248. The zero-order chi connectivity index (χ0) is 21.5. The number of fused-ring (bicyclic) bond motifs is 1. The fourth-order valence-corrected chi connectivity index (χ4v) is 4.66. The molecule has 1 aliphatic heterocycles. The monoisotopic (exact) mass is 445 g/mol. The van der Waals surface area contributed by atoms with E-state index in [1.54, 1.807) is 20.3 Å². The Bertz CT molecular complexity index is 1240. The zero-order valence-electron chi connectivity index (χ0n) is 16.7. The van der Waals surface area contributed by atoms with E-state index in [1.165, 1.54) is 0 Å². The summed E-state index contributed by atoms with van der Waals surface area (Å²) in [6, 6.07) is 14.0. The summed E-state index contributed by atoms with van der Waals surface area (Å²) in [5.74, 6) is 1.39. The Morgan fingerprint density at radius 3 is 2.33 bits per heavy atom. The highest BCUT2D eigenvalue weighted by Gasteiger charge is 2.36. The number of halogens is 1. The third-order valence-corrected chi connectivity index (χ3v) is 6.32. The average Bonchev–Trinajstić information content (AvgIpc) is 3.19. The summed E-state index contributed by atoms with van der Waals surface area (Å²) in [7, 11) is -0.450. The van der Waals surface area contributed by atoms with Crippen molar-refractivity contribution in [3.05, 3.63) is 64.8 Å². The van der Waals surface area contributed by atoms with Crippen LogP contribution in [0.1, 0.15) is 23.6 Å². The standard InChI is InChI=1S/C21H20ClN3O4S/c1-28-15-6-4-13(5-7-15)19-12-20(25(24-19)30(3,26)27)17-11-14-10-16(29-2)8-9-18(14)23-21(17)22/h4-11,20H,12H2,1-3H3. The number of sulfonamides is 1. The van der Waals surface area contributed by atoms with Crippen LogP contribution in [0.15, 0.2) is 53.6 Å². The van der Waals surface area contributed by atoms with E-state index >= 15 is 0 Å². The Morgan fingerprint density at radius 2 is 1.70 bits per heavy atom. The Labute approximate surface area is 179 Å². The van der Waals surface area contributed by atoms with Gasteiger partial charge in [-0.25, -0.2) is 13.4 Å². The molecule has 0 fully saturated rings. The second kappa shape index (κ2) is 7.77. The molecule has 1 unspecified atom stereocenters. The van der Waals surface area contributed by atoms with Gasteiger partial charge in [-0.2, -0.15) is 9.52 Å². The van der Waals surface area contributed by atoms with Crippen molar-refractivity contribution < 1.29 is 17.9 Å². The van der Waals surface area contributed by atoms with Crippen LogP contribution in [-0.2, 0) is 10.0 Å². The fourth-order valence-electron chi connectivity index (χ4n) is 3.49. The van der Waals surface area contributed by atoms with Crippen molar-refractivity contribution in [2.75, 3.05) is 20.5 Å². The number of hydrogen-bond donors (Lipinski definition) is 0. The van der Waals surface area contributed by atoms with Crippen LogP contribution < -0.4 is 9.47 Å². The van der Waals surface area contributed by atoms with E-state index in [0.717, 1.165) is 21.6 Å². The lowest BCUT2D eigenvalue weighted by atomic mass is 9.99. The number of benzene rings is 2. The van der Waals surface area contributed by atoms with Crippen LogP contribution in [0.4, 0.5) is 0 Å². The number of hydrogen-bond acceptors (Lipinski definition) is 6. The molecule has 1 aromatic heterocycles. The molecule has 0 saturated heterocycles. The van der Waals surface area contributed by atoms with E-state index in [4.69, 9.17) is 21.1 Å². The SMILES string of the molecule is COc1ccc(C2=NN(S(C)(=O)=O)C(c3cc4cc(OC)ccc4nc3Cl)C2)cc1. The second-order valence-corrected chi connectivity index (χ2v) is 9.16. The molecule has 0 radical (unpaired) electrons. The highest BCUT2D eigenvalue weighted by molar-refractivity contribution is 7.88. The smallest absolute Gasteiger partial charge is 0.247 e. The summed E-state index contributed by atoms with van der Waals surface area (Å²) in [6.07, 6.45) is 1.50. The molecular formula is C21H20ClN3O4S. The lowest BCUT2D eigenvalue weighted by Crippen LogP contribution is -2.26. The number of ether oxygens (including phenoxy) is 2. The molecule has 7 nitrogen and oxygen atoms in total. The fraction of sp³-hybridized carbons (Fsp3) is 0.238. The molecule has 1 atom stereocenters. The third-order valence-electron chi connectivity index (χ3n) is 5.00. The van der Waals surface area contributed by atoms with E-state index < -0.39 is 16.1 Å². The van der Waals surface area contributed by atoms with Gasteiger partial charge in [0.25, 0.3) is 0 Å². The van der Waals surface area contributed by atoms with Gasteiger partial charge in [0.15, 0.2) is 0 Å². The van der Waals surface area contributed by atoms with Crippen LogP contribution >= 0.6 is 11.6 Å². The van der Waals surface area contributed by atoms with Gasteiger partial charge in [-0.1, -0.05) is 11.6 Å². The minimum atomic E-state index is -3.63. The number of nitrogens with zero attached hydrogens (tertiary/aromatic N) is 3. The molecule has 156 valence electrons. The van der Waals surface area contributed by atoms with E-state index in [-0.39, 0.29) is 5.15 Å². The van der Waals surface area contributed by atoms with Gasteiger partial charge in [0, 0.05) is 17.4 Å². The number of aromatic nitrogens is 1. The van der Waals surface area contributed by atoms with Crippen molar-refractivity contribution in [3.8, 4) is 11.5 Å². The molecule has 0 aliphatic carbocycles. The first-order valence-corrected chi connectivity index (χ1v) is 11.4. The van der Waals surface area contributed by atoms with Gasteiger partial charge in [-0.3, -0.25) is 0 Å². The van der Waals surface area contributed by atoms with Gasteiger partial charge in [0.1, 0.15) is 16.7 Å². The van der Waals surface area contributed by atoms with Crippen LogP contribution in [0, 0.1) is 0 Å². The topological polar surface area (TPSA) is 81.1 Å². The molecule has 30 heavy (non-hydrogen) atoms. The summed E-state index contributed by atoms with van der Waals surface area (Å²) in [4.78, 5) is 4.45. The average molecular weight is 446 g/mol. The molecule has 0 bridgehead atoms. The van der Waals surface area contributed by atoms with Crippen molar-refractivity contribution in [1.82, 2.24) is 9.40 Å². The van der Waals surface area contributed by atoms with Gasteiger partial charge >= 0.3 is 0 Å². The van der Waals surface area contributed by atoms with E-state index in [9.17, 15) is 8.42 Å². The van der Waals surface area contributed by atoms with Gasteiger partial charge in [-0.05, 0) is 54.1 Å². The van der Waals surface area contributed by atoms with Gasteiger partial charge in [-0.15, -0.1) is 0 Å². The van der Waals surface area contributed by atoms with Crippen molar-refractivity contribution >= 4 is 38.2 Å². The summed E-state index contributed by atoms with van der Waals surface area (Å²) >= 11 is 6.47. The van der Waals surface area contributed by atoms with Crippen LogP contribution in [0.2, 0.25) is 5.15 Å². The highest BCUT2D eigenvalue weighted by Crippen LogP contribution is 2.39. The Balaban J connectivity index is 1.78. The lowest BCUT2D eigenvalue weighted by Gasteiger charge is -2.22. The summed E-state index contributed by atoms with van der Waals surface area (Å²) < 4.78 is 36.6. The first-order chi connectivity index (χ1) is 14.3. The van der Waals surface area contributed by atoms with Crippen molar-refractivity contribution in [3.63, 3.8) is 0 Å². The number of methoxy groups -OCH3 is 2. The molecule has 0 spiro atoms. The Hall–Kier alpha value is -2.84. The number of hydrazone groups is 1. The Morgan fingerprint density at radius 1 is 1.03 bits per heavy atom. The van der Waals surface area contributed by atoms with Gasteiger partial charge in [0.05, 0.1) is 37.7 Å². The molecule has 0 saturated carbocycles. The normalized spacial score (nSPS) is 16.6. The molecule has 2 aromatic carbocycles. The van der Waals surface area contributed by atoms with Crippen LogP contribution in [0.25, 0.3) is 10.9 Å². The maximum atomic E-state index is 12.5. The number of pyridine rings is 1. The van der Waals surface area contributed by atoms with E-state index in [1.807, 2.05) is 42.5 Å². The molecule has 1 aliphatic rings. The lowest BCUT2D eigenvalue weighted by molar-refractivity contribution is 0.374. The molecular weight excluding hydrogens is 426 g/mol. The van der Waals surface area contributed by atoms with E-state index in [2.05, 4.69) is 10.1 Å². The molecule has 2 heterocycles. The van der Waals surface area contributed by atoms with Crippen LogP contribution in [-0.4, -0.2) is 44.0 Å². The van der Waals surface area contributed by atoms with Crippen molar-refractivity contribution in [2.24, 2.45) is 5.10 Å². The Kier molecular flexibility index (Phi) is 5.29. The highest BCUT2D eigenvalue weighted by atomic mass is 35.5. The molecule has 0 amide bonds. The number of rotatable bonds is 5. The maximum absolute atomic E-state index is 12.5. The zero-order valence-corrected chi connectivity index (χ0v) is 18.2. The van der Waals surface area contributed by atoms with Gasteiger partial charge in [0.2, 0.25) is 10.0 Å². The largest absolute Gasteiger partial charge is 0.497 e. The predicted molar refractivity (Wildman–Crippen MR) is 117 cm³/mol. The minimum Gasteiger partial charge on any atom is -0.497 e. The van der Waals surface area contributed by atoms with Crippen molar-refractivity contribution in [2.45, 2.75) is 12.5 Å². The maximum Gasteiger partial charge on any atom is 0.247 e.